The van der Waals surface area contributed by atoms with Crippen LogP contribution in [0.3, 0.4) is 0 Å². The van der Waals surface area contributed by atoms with Crippen LogP contribution in [0.25, 0.3) is 0 Å². The standard InChI is InChI=1S/C23H34N4O4S/c1-6-20-25-23(32-27-20)26-22(29)13-24-21(28)11-16(4)17-8-9-19(30-5)18(12-17)10-15(3)14-31-7-2/h8-9,12,15-16H,6-7,10-11,13-14H2,1-5H3,(H,24,28)(H,25,26,27,29)/t15?,16-/m0/s1. The number of hydrogen-bond acceptors (Lipinski definition) is 7. The number of carbonyl (C=O) groups is 2. The first kappa shape index (κ1) is 25.7. The lowest BCUT2D eigenvalue weighted by Crippen LogP contribution is -2.33. The van der Waals surface area contributed by atoms with Gasteiger partial charge in [-0.2, -0.15) is 4.37 Å². The first-order chi connectivity index (χ1) is 15.4. The van der Waals surface area contributed by atoms with Crippen molar-refractivity contribution in [3.63, 3.8) is 0 Å². The molecule has 0 saturated carbocycles. The molecule has 0 bridgehead atoms. The number of benzene rings is 1. The average Bonchev–Trinajstić information content (AvgIpc) is 3.23. The van der Waals surface area contributed by atoms with Crippen molar-refractivity contribution in [2.24, 2.45) is 5.92 Å². The molecule has 0 aliphatic carbocycles. The minimum Gasteiger partial charge on any atom is -0.496 e. The number of anilines is 1. The number of methoxy groups -OCH3 is 1. The molecule has 0 aliphatic heterocycles. The van der Waals surface area contributed by atoms with Gasteiger partial charge in [0, 0.05) is 37.6 Å². The van der Waals surface area contributed by atoms with Gasteiger partial charge in [-0.3, -0.25) is 14.9 Å². The van der Waals surface area contributed by atoms with Crippen molar-refractivity contribution >= 4 is 28.5 Å². The molecule has 9 heteroatoms. The third kappa shape index (κ3) is 8.20. The van der Waals surface area contributed by atoms with E-state index < -0.39 is 0 Å². The predicted octanol–water partition coefficient (Wildman–Crippen LogP) is 3.57. The van der Waals surface area contributed by atoms with E-state index in [9.17, 15) is 9.59 Å². The first-order valence-corrected chi connectivity index (χ1v) is 11.8. The van der Waals surface area contributed by atoms with E-state index in [0.29, 0.717) is 36.5 Å². The van der Waals surface area contributed by atoms with Crippen LogP contribution in [0, 0.1) is 5.92 Å². The molecule has 0 aliphatic rings. The number of rotatable bonds is 13. The Kier molecular flexibility index (Phi) is 10.6. The van der Waals surface area contributed by atoms with Gasteiger partial charge in [-0.15, -0.1) is 0 Å². The van der Waals surface area contributed by atoms with Crippen molar-refractivity contribution in [1.29, 1.82) is 0 Å². The topological polar surface area (TPSA) is 102 Å². The van der Waals surface area contributed by atoms with Crippen molar-refractivity contribution in [2.75, 3.05) is 32.2 Å². The molecule has 2 rings (SSSR count). The Bertz CT molecular complexity index is 887. The summed E-state index contributed by atoms with van der Waals surface area (Å²) in [6.45, 7) is 9.38. The van der Waals surface area contributed by atoms with Crippen LogP contribution in [-0.4, -0.2) is 48.0 Å². The van der Waals surface area contributed by atoms with Crippen LogP contribution >= 0.6 is 11.5 Å². The molecule has 2 N–H and O–H groups in total. The molecule has 0 fully saturated rings. The van der Waals surface area contributed by atoms with E-state index in [1.54, 1.807) is 7.11 Å². The predicted molar refractivity (Wildman–Crippen MR) is 126 cm³/mol. The highest BCUT2D eigenvalue weighted by Crippen LogP contribution is 2.28. The van der Waals surface area contributed by atoms with Gasteiger partial charge in [0.05, 0.1) is 13.7 Å². The molecule has 176 valence electrons. The van der Waals surface area contributed by atoms with Gasteiger partial charge >= 0.3 is 0 Å². The lowest BCUT2D eigenvalue weighted by atomic mass is 9.92. The Balaban J connectivity index is 1.88. The maximum absolute atomic E-state index is 12.4. The molecule has 1 unspecified atom stereocenters. The van der Waals surface area contributed by atoms with Gasteiger partial charge in [0.15, 0.2) is 0 Å². The molecule has 1 aromatic carbocycles. The second kappa shape index (κ2) is 13.1. The number of carbonyl (C=O) groups excluding carboxylic acids is 2. The van der Waals surface area contributed by atoms with Gasteiger partial charge < -0.3 is 14.8 Å². The monoisotopic (exact) mass is 462 g/mol. The van der Waals surface area contributed by atoms with Gasteiger partial charge in [-0.25, -0.2) is 4.98 Å². The maximum Gasteiger partial charge on any atom is 0.245 e. The zero-order chi connectivity index (χ0) is 23.5. The largest absolute Gasteiger partial charge is 0.496 e. The highest BCUT2D eigenvalue weighted by atomic mass is 32.1. The molecule has 0 radical (unpaired) electrons. The number of nitrogens with one attached hydrogen (secondary N) is 2. The van der Waals surface area contributed by atoms with Gasteiger partial charge in [0.1, 0.15) is 11.6 Å². The zero-order valence-corrected chi connectivity index (χ0v) is 20.4. The van der Waals surface area contributed by atoms with Gasteiger partial charge in [0.2, 0.25) is 16.9 Å². The fraction of sp³-hybridized carbons (Fsp3) is 0.565. The smallest absolute Gasteiger partial charge is 0.245 e. The summed E-state index contributed by atoms with van der Waals surface area (Å²) in [7, 11) is 1.67. The Morgan fingerprint density at radius 2 is 1.97 bits per heavy atom. The van der Waals surface area contributed by atoms with E-state index in [0.717, 1.165) is 34.8 Å². The number of ether oxygens (including phenoxy) is 2. The molecular formula is C23H34N4O4S. The quantitative estimate of drug-likeness (QED) is 0.472. The summed E-state index contributed by atoms with van der Waals surface area (Å²) < 4.78 is 15.2. The van der Waals surface area contributed by atoms with Crippen LogP contribution in [0.5, 0.6) is 5.75 Å². The second-order valence-corrected chi connectivity index (χ2v) is 8.59. The normalized spacial score (nSPS) is 12.8. The Morgan fingerprint density at radius 1 is 1.19 bits per heavy atom. The van der Waals surface area contributed by atoms with Gasteiger partial charge in [-0.1, -0.05) is 32.9 Å². The van der Waals surface area contributed by atoms with Crippen LogP contribution in [-0.2, 0) is 27.2 Å². The summed E-state index contributed by atoms with van der Waals surface area (Å²) in [6, 6.07) is 6.04. The van der Waals surface area contributed by atoms with E-state index >= 15 is 0 Å². The van der Waals surface area contributed by atoms with Crippen LogP contribution in [0.15, 0.2) is 18.2 Å². The Morgan fingerprint density at radius 3 is 2.62 bits per heavy atom. The summed E-state index contributed by atoms with van der Waals surface area (Å²) in [4.78, 5) is 28.6. The fourth-order valence-corrected chi connectivity index (χ4v) is 3.94. The summed E-state index contributed by atoms with van der Waals surface area (Å²) in [5.74, 6) is 1.39. The van der Waals surface area contributed by atoms with Crippen LogP contribution in [0.1, 0.15) is 57.0 Å². The molecule has 32 heavy (non-hydrogen) atoms. The van der Waals surface area contributed by atoms with E-state index in [2.05, 4.69) is 33.0 Å². The molecule has 0 spiro atoms. The van der Waals surface area contributed by atoms with Crippen molar-refractivity contribution in [3.8, 4) is 5.75 Å². The SMILES string of the molecule is CCOCC(C)Cc1cc([C@@H](C)CC(=O)NCC(=O)Nc2nc(CC)ns2)ccc1OC. The Hall–Kier alpha value is -2.52. The first-order valence-electron chi connectivity index (χ1n) is 11.0. The van der Waals surface area contributed by atoms with Crippen LogP contribution in [0.4, 0.5) is 5.13 Å². The molecule has 8 nitrogen and oxygen atoms in total. The van der Waals surface area contributed by atoms with Crippen molar-refractivity contribution in [3.05, 3.63) is 35.2 Å². The third-order valence-corrected chi connectivity index (χ3v) is 5.69. The number of amides is 2. The number of nitrogens with zero attached hydrogens (tertiary/aromatic N) is 2. The van der Waals surface area contributed by atoms with Crippen molar-refractivity contribution in [1.82, 2.24) is 14.7 Å². The minimum atomic E-state index is -0.320. The summed E-state index contributed by atoms with van der Waals surface area (Å²) in [6.07, 6.45) is 1.83. The summed E-state index contributed by atoms with van der Waals surface area (Å²) >= 11 is 1.13. The molecule has 2 aromatic rings. The van der Waals surface area contributed by atoms with E-state index in [4.69, 9.17) is 9.47 Å². The van der Waals surface area contributed by atoms with Crippen LogP contribution < -0.4 is 15.4 Å². The molecule has 1 aromatic heterocycles. The minimum absolute atomic E-state index is 0.000176. The highest BCUT2D eigenvalue weighted by molar-refractivity contribution is 7.09. The zero-order valence-electron chi connectivity index (χ0n) is 19.6. The highest BCUT2D eigenvalue weighted by Gasteiger charge is 2.16. The lowest BCUT2D eigenvalue weighted by Gasteiger charge is -2.18. The average molecular weight is 463 g/mol. The molecule has 2 atom stereocenters. The summed E-state index contributed by atoms with van der Waals surface area (Å²) in [5, 5.41) is 5.78. The Labute approximate surface area is 194 Å². The molecular weight excluding hydrogens is 428 g/mol. The summed E-state index contributed by atoms with van der Waals surface area (Å²) in [5.41, 5.74) is 2.16. The van der Waals surface area contributed by atoms with Crippen molar-refractivity contribution < 1.29 is 19.1 Å². The molecule has 0 saturated heterocycles. The number of aryl methyl sites for hydroxylation is 1. The van der Waals surface area contributed by atoms with Crippen LogP contribution in [0.2, 0.25) is 0 Å². The van der Waals surface area contributed by atoms with E-state index in [1.807, 2.05) is 32.9 Å². The van der Waals surface area contributed by atoms with Crippen molar-refractivity contribution in [2.45, 2.75) is 52.9 Å². The second-order valence-electron chi connectivity index (χ2n) is 7.84. The number of hydrogen-bond donors (Lipinski definition) is 2. The molecule has 2 amide bonds. The third-order valence-electron chi connectivity index (χ3n) is 5.02. The molecule has 1 heterocycles. The van der Waals surface area contributed by atoms with E-state index in [-0.39, 0.29) is 30.7 Å². The van der Waals surface area contributed by atoms with E-state index in [1.165, 1.54) is 0 Å². The van der Waals surface area contributed by atoms with Gasteiger partial charge in [-0.05, 0) is 42.4 Å². The van der Waals surface area contributed by atoms with Gasteiger partial charge in [0.25, 0.3) is 0 Å². The lowest BCUT2D eigenvalue weighted by molar-refractivity contribution is -0.124. The fourth-order valence-electron chi connectivity index (χ4n) is 3.28. The maximum atomic E-state index is 12.4. The number of aromatic nitrogens is 2.